The Hall–Kier alpha value is -1.77. The first-order valence-electron chi connectivity index (χ1n) is 16.6. The highest BCUT2D eigenvalue weighted by Gasteiger charge is 2.61. The van der Waals surface area contributed by atoms with Gasteiger partial charge in [-0.2, -0.15) is 0 Å². The first kappa shape index (κ1) is 29.7. The minimum Gasteiger partial charge on any atom is -0.497 e. The van der Waals surface area contributed by atoms with Crippen molar-refractivity contribution < 1.29 is 14.3 Å². The van der Waals surface area contributed by atoms with Crippen molar-refractivity contribution in [1.29, 1.82) is 0 Å². The molecule has 0 bridgehead atoms. The third-order valence-corrected chi connectivity index (χ3v) is 12.5. The summed E-state index contributed by atoms with van der Waals surface area (Å²) in [7, 11) is 1.71. The summed E-state index contributed by atoms with van der Waals surface area (Å²) in [6.45, 7) is 14.2. The molecule has 40 heavy (non-hydrogen) atoms. The second kappa shape index (κ2) is 11.8. The van der Waals surface area contributed by atoms with Crippen molar-refractivity contribution in [3.8, 4) is 5.75 Å². The average Bonchev–Trinajstić information content (AvgIpc) is 3.26. The molecule has 1 aromatic rings. The third kappa shape index (κ3) is 5.65. The van der Waals surface area contributed by atoms with Crippen molar-refractivity contribution >= 4 is 12.0 Å². The van der Waals surface area contributed by atoms with E-state index in [0.29, 0.717) is 16.7 Å². The maximum atomic E-state index is 12.1. The monoisotopic (exact) mass is 548 g/mol. The van der Waals surface area contributed by atoms with Gasteiger partial charge in [0.05, 0.1) is 7.11 Å². The van der Waals surface area contributed by atoms with Crippen LogP contribution in [0.1, 0.15) is 118 Å². The first-order chi connectivity index (χ1) is 19.0. The summed E-state index contributed by atoms with van der Waals surface area (Å²) in [5.74, 6) is 6.48. The standard InChI is InChI=1S/C37H56O3/c1-24(2)9-8-10-25(3)32-17-18-33-31-16-13-29-22-35(40-26(4)38)28(21-27-11-14-30(39-7)15-12-27)23-37(29,6)34(31)19-20-36(32,33)5/h11-12,14-15,21,24-25,29,31-35H,8-10,13,16-20,22-23H2,1-7H3/b28-21-/t25-,29+,31+,32-,33-,34-,35-,36+,37+/m1/s1. The summed E-state index contributed by atoms with van der Waals surface area (Å²) >= 11 is 0. The van der Waals surface area contributed by atoms with Crippen molar-refractivity contribution in [3.05, 3.63) is 35.4 Å². The molecule has 0 aromatic heterocycles. The highest BCUT2D eigenvalue weighted by atomic mass is 16.5. The molecule has 5 rings (SSSR count). The van der Waals surface area contributed by atoms with Crippen molar-refractivity contribution in [3.63, 3.8) is 0 Å². The average molecular weight is 549 g/mol. The molecule has 3 nitrogen and oxygen atoms in total. The number of hydrogen-bond acceptors (Lipinski definition) is 3. The number of benzene rings is 1. The summed E-state index contributed by atoms with van der Waals surface area (Å²) in [6, 6.07) is 8.31. The fraction of sp³-hybridized carbons (Fsp3) is 0.757. The van der Waals surface area contributed by atoms with Crippen LogP contribution in [0, 0.1) is 52.3 Å². The van der Waals surface area contributed by atoms with Crippen LogP contribution in [0.3, 0.4) is 0 Å². The molecule has 0 amide bonds. The van der Waals surface area contributed by atoms with Gasteiger partial charge in [0.2, 0.25) is 0 Å². The zero-order valence-corrected chi connectivity index (χ0v) is 26.5. The number of rotatable bonds is 8. The Balaban J connectivity index is 1.36. The Morgan fingerprint density at radius 2 is 1.70 bits per heavy atom. The van der Waals surface area contributed by atoms with Gasteiger partial charge in [-0.25, -0.2) is 0 Å². The molecular formula is C37H56O3. The van der Waals surface area contributed by atoms with Crippen LogP contribution in [0.15, 0.2) is 29.8 Å². The fourth-order valence-corrected chi connectivity index (χ4v) is 10.6. The van der Waals surface area contributed by atoms with Crippen LogP contribution in [0.25, 0.3) is 6.08 Å². The van der Waals surface area contributed by atoms with Crippen molar-refractivity contribution in [1.82, 2.24) is 0 Å². The lowest BCUT2D eigenvalue weighted by molar-refractivity contribution is -0.153. The molecule has 0 heterocycles. The highest BCUT2D eigenvalue weighted by molar-refractivity contribution is 5.67. The molecule has 9 atom stereocenters. The quantitative estimate of drug-likeness (QED) is 0.303. The normalized spacial score (nSPS) is 38.9. The van der Waals surface area contributed by atoms with Crippen molar-refractivity contribution in [2.24, 2.45) is 52.3 Å². The largest absolute Gasteiger partial charge is 0.497 e. The van der Waals surface area contributed by atoms with Gasteiger partial charge >= 0.3 is 5.97 Å². The topological polar surface area (TPSA) is 35.5 Å². The van der Waals surface area contributed by atoms with Crippen LogP contribution in [0.5, 0.6) is 5.75 Å². The zero-order chi connectivity index (χ0) is 28.7. The van der Waals surface area contributed by atoms with E-state index in [9.17, 15) is 4.79 Å². The number of methoxy groups -OCH3 is 1. The van der Waals surface area contributed by atoms with Crippen molar-refractivity contribution in [2.75, 3.05) is 7.11 Å². The molecule has 222 valence electrons. The van der Waals surface area contributed by atoms with Crippen LogP contribution in [-0.2, 0) is 9.53 Å². The lowest BCUT2D eigenvalue weighted by Crippen LogP contribution is -2.54. The number of hydrogen-bond donors (Lipinski definition) is 0. The Kier molecular flexibility index (Phi) is 8.80. The molecule has 0 aliphatic heterocycles. The molecule has 4 aliphatic rings. The van der Waals surface area contributed by atoms with Crippen molar-refractivity contribution in [2.45, 2.75) is 118 Å². The highest BCUT2D eigenvalue weighted by Crippen LogP contribution is 2.69. The van der Waals surface area contributed by atoms with E-state index >= 15 is 0 Å². The molecule has 4 saturated carbocycles. The summed E-state index contributed by atoms with van der Waals surface area (Å²) in [5, 5.41) is 0. The van der Waals surface area contributed by atoms with E-state index in [2.05, 4.69) is 52.8 Å². The van der Waals surface area contributed by atoms with Gasteiger partial charge in [-0.05, 0) is 127 Å². The molecule has 0 spiro atoms. The number of carbonyl (C=O) groups excluding carboxylic acids is 1. The van der Waals surface area contributed by atoms with Gasteiger partial charge in [-0.1, -0.05) is 72.1 Å². The van der Waals surface area contributed by atoms with Gasteiger partial charge < -0.3 is 9.47 Å². The van der Waals surface area contributed by atoms with Gasteiger partial charge in [-0.15, -0.1) is 0 Å². The smallest absolute Gasteiger partial charge is 0.303 e. The zero-order valence-electron chi connectivity index (χ0n) is 26.5. The van der Waals surface area contributed by atoms with Crippen LogP contribution >= 0.6 is 0 Å². The van der Waals surface area contributed by atoms with Crippen LogP contribution < -0.4 is 4.74 Å². The van der Waals surface area contributed by atoms with E-state index in [4.69, 9.17) is 9.47 Å². The second-order valence-electron chi connectivity index (χ2n) is 15.2. The Morgan fingerprint density at radius 1 is 0.975 bits per heavy atom. The van der Waals surface area contributed by atoms with E-state index in [1.165, 1.54) is 68.9 Å². The first-order valence-corrected chi connectivity index (χ1v) is 16.6. The minimum atomic E-state index is -0.157. The van der Waals surface area contributed by atoms with Crippen LogP contribution in [0.2, 0.25) is 0 Å². The Bertz CT molecular complexity index is 1060. The molecule has 1 aromatic carbocycles. The van der Waals surface area contributed by atoms with Gasteiger partial charge in [0, 0.05) is 6.92 Å². The molecule has 0 radical (unpaired) electrons. The predicted octanol–water partition coefficient (Wildman–Crippen LogP) is 9.74. The van der Waals surface area contributed by atoms with Gasteiger partial charge in [-0.3, -0.25) is 4.79 Å². The number of ether oxygens (including phenoxy) is 2. The predicted molar refractivity (Wildman–Crippen MR) is 165 cm³/mol. The number of carbonyl (C=O) groups is 1. The number of esters is 1. The SMILES string of the molecule is COc1ccc(/C=C2/C[C@@]3(C)[C@@H](CC[C@H]4[C@H]5CC[C@H]([C@H](C)CCCC(C)C)[C@]5(C)CC[C@H]43)C[C@H]2OC(C)=O)cc1. The molecular weight excluding hydrogens is 492 g/mol. The molecule has 3 heteroatoms. The van der Waals surface area contributed by atoms with E-state index < -0.39 is 0 Å². The Morgan fingerprint density at radius 3 is 2.38 bits per heavy atom. The summed E-state index contributed by atoms with van der Waals surface area (Å²) in [5.41, 5.74) is 3.30. The van der Waals surface area contributed by atoms with Crippen LogP contribution in [0.4, 0.5) is 0 Å². The lowest BCUT2D eigenvalue weighted by atomic mass is 9.44. The Labute approximate surface area is 244 Å². The maximum Gasteiger partial charge on any atom is 0.303 e. The summed E-state index contributed by atoms with van der Waals surface area (Å²) in [4.78, 5) is 12.1. The van der Waals surface area contributed by atoms with Crippen LogP contribution in [-0.4, -0.2) is 19.2 Å². The summed E-state index contributed by atoms with van der Waals surface area (Å²) < 4.78 is 11.4. The van der Waals surface area contributed by atoms with E-state index in [1.54, 1.807) is 14.0 Å². The molecule has 0 saturated heterocycles. The number of fused-ring (bicyclic) bond motifs is 5. The van der Waals surface area contributed by atoms with E-state index in [-0.39, 0.29) is 12.1 Å². The van der Waals surface area contributed by atoms with Gasteiger partial charge in [0.25, 0.3) is 0 Å². The van der Waals surface area contributed by atoms with E-state index in [1.807, 2.05) is 12.1 Å². The molecule has 0 N–H and O–H groups in total. The van der Waals surface area contributed by atoms with Gasteiger partial charge in [0.15, 0.2) is 0 Å². The van der Waals surface area contributed by atoms with E-state index in [0.717, 1.165) is 54.1 Å². The minimum absolute atomic E-state index is 0.0920. The van der Waals surface area contributed by atoms with Gasteiger partial charge in [0.1, 0.15) is 11.9 Å². The second-order valence-corrected chi connectivity index (χ2v) is 15.2. The maximum absolute atomic E-state index is 12.1. The fourth-order valence-electron chi connectivity index (χ4n) is 10.6. The third-order valence-electron chi connectivity index (χ3n) is 12.5. The molecule has 4 fully saturated rings. The lowest BCUT2D eigenvalue weighted by Gasteiger charge is -2.61. The molecule has 4 aliphatic carbocycles. The molecule has 0 unspecified atom stereocenters. The summed E-state index contributed by atoms with van der Waals surface area (Å²) in [6.07, 6.45) is 16.8.